The average Bonchev–Trinajstić information content (AvgIpc) is 1.78. The maximum Gasteiger partial charge on any atom is 0.400 e. The summed E-state index contributed by atoms with van der Waals surface area (Å²) < 4.78 is 33.1. The van der Waals surface area contributed by atoms with Gasteiger partial charge in [-0.25, -0.2) is 4.18 Å². The molecule has 1 atom stereocenters. The summed E-state index contributed by atoms with van der Waals surface area (Å²) in [6.45, 7) is 5.26. The molecule has 0 rings (SSSR count). The zero-order chi connectivity index (χ0) is 11.4. The number of rotatable bonds is 6. The molecule has 86 valence electrons. The van der Waals surface area contributed by atoms with E-state index in [1.165, 1.54) is 6.92 Å². The molecule has 5 nitrogen and oxygen atoms in total. The molecule has 6 heteroatoms. The zero-order valence-electron chi connectivity index (χ0n) is 8.73. The molecule has 0 aromatic heterocycles. The van der Waals surface area contributed by atoms with Gasteiger partial charge in [-0.1, -0.05) is 20.3 Å². The molecule has 0 heterocycles. The van der Waals surface area contributed by atoms with Gasteiger partial charge < -0.3 is 5.11 Å². The average molecular weight is 226 g/mol. The SMILES string of the molecule is CC(C)CCC[C@](C)(O)OS(=O)(=O)O. The quantitative estimate of drug-likeness (QED) is 0.527. The molecule has 0 amide bonds. The Morgan fingerprint density at radius 1 is 1.43 bits per heavy atom. The Labute approximate surface area is 85.0 Å². The molecular weight excluding hydrogens is 208 g/mol. The second kappa shape index (κ2) is 5.06. The molecule has 0 saturated heterocycles. The Hall–Kier alpha value is -0.170. The van der Waals surface area contributed by atoms with Crippen LogP contribution in [0.5, 0.6) is 0 Å². The molecule has 0 aromatic carbocycles. The highest BCUT2D eigenvalue weighted by molar-refractivity contribution is 7.80. The second-order valence-electron chi connectivity index (χ2n) is 3.97. The van der Waals surface area contributed by atoms with E-state index in [1.54, 1.807) is 0 Å². The van der Waals surface area contributed by atoms with Gasteiger partial charge in [-0.3, -0.25) is 4.55 Å². The molecule has 0 bridgehead atoms. The van der Waals surface area contributed by atoms with Crippen molar-refractivity contribution < 1.29 is 22.3 Å². The van der Waals surface area contributed by atoms with Crippen LogP contribution in [0, 0.1) is 5.92 Å². The third-order valence-electron chi connectivity index (χ3n) is 1.71. The Bertz CT molecular complexity index is 255. The van der Waals surface area contributed by atoms with Crippen LogP contribution in [0.4, 0.5) is 0 Å². The lowest BCUT2D eigenvalue weighted by Crippen LogP contribution is -2.31. The Balaban J connectivity index is 3.96. The van der Waals surface area contributed by atoms with Crippen molar-refractivity contribution in [3.8, 4) is 0 Å². The van der Waals surface area contributed by atoms with Crippen molar-refractivity contribution in [1.82, 2.24) is 0 Å². The van der Waals surface area contributed by atoms with E-state index in [0.29, 0.717) is 12.3 Å². The molecule has 0 saturated carbocycles. The Kier molecular flexibility index (Phi) is 5.00. The molecule has 0 aromatic rings. The minimum atomic E-state index is -4.58. The van der Waals surface area contributed by atoms with Crippen LogP contribution in [-0.2, 0) is 14.6 Å². The van der Waals surface area contributed by atoms with Crippen LogP contribution in [0.1, 0.15) is 40.0 Å². The van der Waals surface area contributed by atoms with Gasteiger partial charge in [0.15, 0.2) is 5.79 Å². The van der Waals surface area contributed by atoms with E-state index in [4.69, 9.17) is 4.55 Å². The smallest absolute Gasteiger partial charge is 0.365 e. The van der Waals surface area contributed by atoms with Gasteiger partial charge >= 0.3 is 10.4 Å². The molecule has 2 N–H and O–H groups in total. The number of aliphatic hydroxyl groups is 1. The van der Waals surface area contributed by atoms with Gasteiger partial charge in [0.2, 0.25) is 0 Å². The van der Waals surface area contributed by atoms with Gasteiger partial charge in [0.25, 0.3) is 0 Å². The third kappa shape index (κ3) is 8.43. The third-order valence-corrected chi connectivity index (χ3v) is 2.28. The summed E-state index contributed by atoms with van der Waals surface area (Å²) in [5, 5.41) is 9.40. The normalized spacial score (nSPS) is 17.0. The predicted octanol–water partition coefficient (Wildman–Crippen LogP) is 1.34. The van der Waals surface area contributed by atoms with E-state index in [9.17, 15) is 13.5 Å². The summed E-state index contributed by atoms with van der Waals surface area (Å²) in [6, 6.07) is 0. The minimum Gasteiger partial charge on any atom is -0.365 e. The lowest BCUT2D eigenvalue weighted by Gasteiger charge is -2.21. The Morgan fingerprint density at radius 2 is 1.93 bits per heavy atom. The first-order valence-electron chi connectivity index (χ1n) is 4.53. The van der Waals surface area contributed by atoms with Gasteiger partial charge in [-0.15, -0.1) is 0 Å². The van der Waals surface area contributed by atoms with Crippen molar-refractivity contribution in [2.24, 2.45) is 5.92 Å². The van der Waals surface area contributed by atoms with Crippen LogP contribution < -0.4 is 0 Å². The van der Waals surface area contributed by atoms with Gasteiger partial charge in [0, 0.05) is 6.42 Å². The first kappa shape index (κ1) is 13.8. The van der Waals surface area contributed by atoms with Gasteiger partial charge in [-0.05, 0) is 19.3 Å². The lowest BCUT2D eigenvalue weighted by molar-refractivity contribution is -0.128. The summed E-state index contributed by atoms with van der Waals surface area (Å²) in [7, 11) is -4.58. The highest BCUT2D eigenvalue weighted by Gasteiger charge is 2.27. The molecule has 0 radical (unpaired) electrons. The highest BCUT2D eigenvalue weighted by Crippen LogP contribution is 2.19. The van der Waals surface area contributed by atoms with Crippen LogP contribution in [0.2, 0.25) is 0 Å². The molecule has 0 aliphatic carbocycles. The van der Waals surface area contributed by atoms with E-state index in [2.05, 4.69) is 4.18 Å². The molecule has 14 heavy (non-hydrogen) atoms. The monoisotopic (exact) mass is 226 g/mol. The molecule has 0 aliphatic rings. The fraction of sp³-hybridized carbons (Fsp3) is 1.00. The Morgan fingerprint density at radius 3 is 2.29 bits per heavy atom. The molecule has 0 spiro atoms. The van der Waals surface area contributed by atoms with Crippen molar-refractivity contribution in [3.05, 3.63) is 0 Å². The first-order chi connectivity index (χ1) is 6.12. The maximum absolute atomic E-state index is 10.3. The van der Waals surface area contributed by atoms with E-state index in [-0.39, 0.29) is 6.42 Å². The number of hydrogen-bond acceptors (Lipinski definition) is 4. The number of hydrogen-bond donors (Lipinski definition) is 2. The van der Waals surface area contributed by atoms with Crippen LogP contribution in [0.25, 0.3) is 0 Å². The van der Waals surface area contributed by atoms with E-state index in [0.717, 1.165) is 6.42 Å². The van der Waals surface area contributed by atoms with Crippen LogP contribution >= 0.6 is 0 Å². The summed E-state index contributed by atoms with van der Waals surface area (Å²) in [5.41, 5.74) is 0. The van der Waals surface area contributed by atoms with E-state index >= 15 is 0 Å². The van der Waals surface area contributed by atoms with Crippen LogP contribution in [-0.4, -0.2) is 23.9 Å². The second-order valence-corrected chi connectivity index (χ2v) is 4.99. The molecule has 0 aliphatic heterocycles. The van der Waals surface area contributed by atoms with Crippen LogP contribution in [0.15, 0.2) is 0 Å². The molecule has 0 fully saturated rings. The maximum atomic E-state index is 10.3. The topological polar surface area (TPSA) is 83.8 Å². The van der Waals surface area contributed by atoms with Gasteiger partial charge in [0.1, 0.15) is 0 Å². The first-order valence-corrected chi connectivity index (χ1v) is 5.89. The van der Waals surface area contributed by atoms with Gasteiger partial charge in [-0.2, -0.15) is 8.42 Å². The lowest BCUT2D eigenvalue weighted by atomic mass is 10.0. The van der Waals surface area contributed by atoms with Crippen molar-refractivity contribution in [1.29, 1.82) is 0 Å². The van der Waals surface area contributed by atoms with Crippen molar-refractivity contribution in [2.45, 2.75) is 45.8 Å². The standard InChI is InChI=1S/C8H18O5S/c1-7(2)5-4-6-8(3,9)13-14(10,11)12/h7,9H,4-6H2,1-3H3,(H,10,11,12)/t8-/m1/s1. The zero-order valence-corrected chi connectivity index (χ0v) is 9.54. The summed E-state index contributed by atoms with van der Waals surface area (Å²) in [5.74, 6) is -1.33. The molecule has 0 unspecified atom stereocenters. The van der Waals surface area contributed by atoms with E-state index in [1.807, 2.05) is 13.8 Å². The summed E-state index contributed by atoms with van der Waals surface area (Å²) in [6.07, 6.45) is 1.68. The summed E-state index contributed by atoms with van der Waals surface area (Å²) in [4.78, 5) is 0. The van der Waals surface area contributed by atoms with Crippen LogP contribution in [0.3, 0.4) is 0 Å². The van der Waals surface area contributed by atoms with E-state index < -0.39 is 16.2 Å². The van der Waals surface area contributed by atoms with Crippen molar-refractivity contribution >= 4 is 10.4 Å². The fourth-order valence-electron chi connectivity index (χ4n) is 1.11. The largest absolute Gasteiger partial charge is 0.400 e. The van der Waals surface area contributed by atoms with Gasteiger partial charge in [0.05, 0.1) is 0 Å². The summed E-state index contributed by atoms with van der Waals surface area (Å²) >= 11 is 0. The highest BCUT2D eigenvalue weighted by atomic mass is 32.3. The minimum absolute atomic E-state index is 0.172. The molecular formula is C8H18O5S. The van der Waals surface area contributed by atoms with Crippen molar-refractivity contribution in [2.75, 3.05) is 0 Å². The fourth-order valence-corrected chi connectivity index (χ4v) is 1.64. The predicted molar refractivity (Wildman–Crippen MR) is 51.9 cm³/mol. The van der Waals surface area contributed by atoms with Crippen molar-refractivity contribution in [3.63, 3.8) is 0 Å².